The zero-order chi connectivity index (χ0) is 24.2. The number of amides is 1. The Balaban J connectivity index is 1.26. The highest BCUT2D eigenvalue weighted by atomic mass is 16.6. The minimum atomic E-state index is -0.636. The zero-order valence-electron chi connectivity index (χ0n) is 20.0. The van der Waals surface area contributed by atoms with Crippen molar-refractivity contribution in [1.82, 2.24) is 25.1 Å². The Morgan fingerprint density at radius 2 is 2.06 bits per heavy atom. The number of benzene rings is 1. The van der Waals surface area contributed by atoms with E-state index in [4.69, 9.17) is 14.5 Å². The number of carbonyl (C=O) groups is 1. The van der Waals surface area contributed by atoms with E-state index in [9.17, 15) is 10.1 Å². The average molecular weight is 478 g/mol. The lowest BCUT2D eigenvalue weighted by Crippen LogP contribution is -2.55. The third kappa shape index (κ3) is 5.16. The maximum Gasteiger partial charge on any atom is 0.411 e. The summed E-state index contributed by atoms with van der Waals surface area (Å²) in [5, 5.41) is 13.2. The number of likely N-dealkylation sites (N-methyl/N-ethyl adjacent to an activating group) is 1. The van der Waals surface area contributed by atoms with Gasteiger partial charge in [-0.3, -0.25) is 4.90 Å². The van der Waals surface area contributed by atoms with Crippen LogP contribution in [-0.2, 0) is 24.4 Å². The Bertz CT molecular complexity index is 1090. The van der Waals surface area contributed by atoms with Gasteiger partial charge in [-0.1, -0.05) is 30.3 Å². The van der Waals surface area contributed by atoms with Crippen molar-refractivity contribution < 1.29 is 14.3 Å². The van der Waals surface area contributed by atoms with Gasteiger partial charge in [0.1, 0.15) is 25.1 Å². The monoisotopic (exact) mass is 477 g/mol. The smallest absolute Gasteiger partial charge is 0.411 e. The summed E-state index contributed by atoms with van der Waals surface area (Å²) in [5.41, 5.74) is 2.88. The number of anilines is 1. The van der Waals surface area contributed by atoms with E-state index < -0.39 is 12.1 Å². The Kier molecular flexibility index (Phi) is 6.97. The molecule has 2 aromatic rings. The molecule has 0 spiro atoms. The van der Waals surface area contributed by atoms with Crippen molar-refractivity contribution >= 4 is 11.9 Å². The molecule has 0 saturated carbocycles. The summed E-state index contributed by atoms with van der Waals surface area (Å²) >= 11 is 0. The van der Waals surface area contributed by atoms with Crippen molar-refractivity contribution in [3.63, 3.8) is 0 Å². The predicted molar refractivity (Wildman–Crippen MR) is 129 cm³/mol. The molecule has 3 aliphatic rings. The Morgan fingerprint density at radius 1 is 1.20 bits per heavy atom. The van der Waals surface area contributed by atoms with Crippen molar-refractivity contribution in [3.05, 3.63) is 47.2 Å². The molecule has 5 rings (SSSR count). The van der Waals surface area contributed by atoms with Gasteiger partial charge in [-0.2, -0.15) is 15.2 Å². The molecule has 0 aliphatic carbocycles. The van der Waals surface area contributed by atoms with Crippen LogP contribution in [0.2, 0.25) is 0 Å². The molecule has 1 amide bonds. The van der Waals surface area contributed by atoms with Gasteiger partial charge >= 0.3 is 12.1 Å². The van der Waals surface area contributed by atoms with Gasteiger partial charge < -0.3 is 24.6 Å². The van der Waals surface area contributed by atoms with Crippen LogP contribution < -0.4 is 15.0 Å². The second kappa shape index (κ2) is 10.5. The van der Waals surface area contributed by atoms with Crippen LogP contribution in [0.3, 0.4) is 0 Å². The van der Waals surface area contributed by atoms with Gasteiger partial charge in [-0.05, 0) is 32.0 Å². The summed E-state index contributed by atoms with van der Waals surface area (Å²) in [6, 6.07) is 11.9. The highest BCUT2D eigenvalue weighted by molar-refractivity contribution is 5.69. The number of nitriles is 1. The highest BCUT2D eigenvalue weighted by Crippen LogP contribution is 2.29. The molecular formula is C25H31N7O3. The Labute approximate surface area is 205 Å². The van der Waals surface area contributed by atoms with E-state index >= 15 is 0 Å². The fourth-order valence-electron chi connectivity index (χ4n) is 4.92. The molecule has 4 heterocycles. The van der Waals surface area contributed by atoms with Crippen molar-refractivity contribution in [2.24, 2.45) is 0 Å². The quantitative estimate of drug-likeness (QED) is 0.667. The van der Waals surface area contributed by atoms with Gasteiger partial charge in [-0.25, -0.2) is 4.79 Å². The van der Waals surface area contributed by atoms with Crippen LogP contribution in [0, 0.1) is 11.3 Å². The van der Waals surface area contributed by atoms with Crippen molar-refractivity contribution in [3.8, 4) is 12.1 Å². The Hall–Kier alpha value is -3.42. The first-order chi connectivity index (χ1) is 17.1. The highest BCUT2D eigenvalue weighted by Gasteiger charge is 2.34. The number of hydrogen-bond donors (Lipinski definition) is 1. The lowest BCUT2D eigenvalue weighted by molar-refractivity contribution is 0.0850. The molecule has 184 valence electrons. The molecule has 0 unspecified atom stereocenters. The second-order valence-electron chi connectivity index (χ2n) is 9.27. The van der Waals surface area contributed by atoms with E-state index in [-0.39, 0.29) is 6.61 Å². The molecule has 0 radical (unpaired) electrons. The topological polar surface area (TPSA) is 107 Å². The Morgan fingerprint density at radius 3 is 2.83 bits per heavy atom. The minimum Gasteiger partial charge on any atom is -0.462 e. The fraction of sp³-hybridized carbons (Fsp3) is 0.520. The first kappa shape index (κ1) is 23.3. The molecule has 1 aromatic carbocycles. The third-order valence-electron chi connectivity index (χ3n) is 6.99. The number of nitrogens with one attached hydrogen (secondary N) is 1. The van der Waals surface area contributed by atoms with Crippen LogP contribution in [0.15, 0.2) is 30.3 Å². The number of ether oxygens (including phenoxy) is 2. The van der Waals surface area contributed by atoms with Crippen LogP contribution in [0.1, 0.15) is 29.7 Å². The van der Waals surface area contributed by atoms with Crippen LogP contribution in [0.4, 0.5) is 10.6 Å². The number of hydrogen-bond acceptors (Lipinski definition) is 9. The number of rotatable bonds is 6. The summed E-state index contributed by atoms with van der Waals surface area (Å²) < 4.78 is 11.5. The maximum atomic E-state index is 12.7. The predicted octanol–water partition coefficient (Wildman–Crippen LogP) is 1.90. The number of likely N-dealkylation sites (tertiary alicyclic amines) is 1. The minimum absolute atomic E-state index is 0.181. The maximum absolute atomic E-state index is 12.7. The molecule has 1 aromatic heterocycles. The summed E-state index contributed by atoms with van der Waals surface area (Å²) in [6.45, 7) is 4.44. The standard InChI is InChI=1S/C25H31N7O3/c1-30-9-5-8-19(30)17-34-24-28-22-14-27-13-21(22)23(29-24)31-10-11-32(20(12-26)15-31)25(33)35-16-18-6-3-2-4-7-18/h2-4,6-7,19-20,27H,5,8-11,13-17H2,1H3/t19-,20-/m0/s1. The van der Waals surface area contributed by atoms with Crippen LogP contribution in [0.25, 0.3) is 0 Å². The summed E-state index contributed by atoms with van der Waals surface area (Å²) in [7, 11) is 2.12. The van der Waals surface area contributed by atoms with E-state index in [1.165, 1.54) is 11.3 Å². The number of nitrogens with zero attached hydrogens (tertiary/aromatic N) is 6. The van der Waals surface area contributed by atoms with Gasteiger partial charge in [0.05, 0.1) is 18.3 Å². The van der Waals surface area contributed by atoms with E-state index in [1.807, 2.05) is 30.3 Å². The molecule has 10 nitrogen and oxygen atoms in total. The molecule has 2 atom stereocenters. The van der Waals surface area contributed by atoms with Gasteiger partial charge in [0.15, 0.2) is 0 Å². The normalized spacial score (nSPS) is 22.1. The van der Waals surface area contributed by atoms with Crippen molar-refractivity contribution in [2.45, 2.75) is 44.6 Å². The van der Waals surface area contributed by atoms with E-state index in [0.717, 1.165) is 35.6 Å². The van der Waals surface area contributed by atoms with Crippen LogP contribution >= 0.6 is 0 Å². The molecule has 10 heteroatoms. The van der Waals surface area contributed by atoms with Gasteiger partial charge in [0, 0.05) is 37.8 Å². The van der Waals surface area contributed by atoms with Crippen LogP contribution in [-0.4, -0.2) is 77.8 Å². The van der Waals surface area contributed by atoms with E-state index in [0.29, 0.717) is 51.4 Å². The molecule has 2 fully saturated rings. The number of piperazine rings is 1. The number of fused-ring (bicyclic) bond motifs is 1. The first-order valence-electron chi connectivity index (χ1n) is 12.2. The van der Waals surface area contributed by atoms with Crippen molar-refractivity contribution in [1.29, 1.82) is 5.26 Å². The lowest BCUT2D eigenvalue weighted by atomic mass is 10.1. The molecular weight excluding hydrogens is 446 g/mol. The molecule has 0 bridgehead atoms. The lowest BCUT2D eigenvalue weighted by Gasteiger charge is -2.38. The molecule has 2 saturated heterocycles. The molecule has 35 heavy (non-hydrogen) atoms. The molecule has 1 N–H and O–H groups in total. The number of aromatic nitrogens is 2. The number of carbonyl (C=O) groups excluding carboxylic acids is 1. The molecule has 3 aliphatic heterocycles. The summed E-state index contributed by atoms with van der Waals surface area (Å²) in [6.07, 6.45) is 1.82. The van der Waals surface area contributed by atoms with Gasteiger partial charge in [-0.15, -0.1) is 0 Å². The largest absolute Gasteiger partial charge is 0.462 e. The zero-order valence-corrected chi connectivity index (χ0v) is 20.0. The van der Waals surface area contributed by atoms with E-state index in [2.05, 4.69) is 33.2 Å². The first-order valence-corrected chi connectivity index (χ1v) is 12.2. The summed E-state index contributed by atoms with van der Waals surface area (Å²) in [5.74, 6) is 0.785. The SMILES string of the molecule is CN1CCC[C@H]1COc1nc2c(c(N3CCN(C(=O)OCc4ccccc4)[C@@H](C#N)C3)n1)CNC2. The summed E-state index contributed by atoms with van der Waals surface area (Å²) in [4.78, 5) is 28.0. The average Bonchev–Trinajstić information content (AvgIpc) is 3.54. The van der Waals surface area contributed by atoms with Gasteiger partial charge in [0.2, 0.25) is 0 Å². The second-order valence-corrected chi connectivity index (χ2v) is 9.27. The van der Waals surface area contributed by atoms with Crippen LogP contribution in [0.5, 0.6) is 6.01 Å². The fourth-order valence-corrected chi connectivity index (χ4v) is 4.92. The van der Waals surface area contributed by atoms with Crippen molar-refractivity contribution in [2.75, 3.05) is 44.7 Å². The van der Waals surface area contributed by atoms with Gasteiger partial charge in [0.25, 0.3) is 0 Å². The van der Waals surface area contributed by atoms with E-state index in [1.54, 1.807) is 0 Å². The third-order valence-corrected chi connectivity index (χ3v) is 6.99.